The molecule has 0 N–H and O–H groups in total. The molecule has 0 saturated heterocycles. The number of methoxy groups -OCH3 is 2. The van der Waals surface area contributed by atoms with Gasteiger partial charge in [0.1, 0.15) is 0 Å². The molecule has 1 heterocycles. The van der Waals surface area contributed by atoms with Crippen molar-refractivity contribution in [3.8, 4) is 22.6 Å². The SMILES string of the molecule is COc1cc2c(cc1OC)C(c1ccc3c(c1)-c1ccccc1C3)OC(=O)C2. The maximum absolute atomic E-state index is 12.3. The van der Waals surface area contributed by atoms with E-state index in [0.29, 0.717) is 11.5 Å². The highest BCUT2D eigenvalue weighted by Crippen LogP contribution is 2.43. The highest BCUT2D eigenvalue weighted by Gasteiger charge is 2.31. The molecule has 3 aromatic rings. The number of ether oxygens (including phenoxy) is 3. The van der Waals surface area contributed by atoms with Crippen LogP contribution in [0.1, 0.15) is 33.9 Å². The van der Waals surface area contributed by atoms with Gasteiger partial charge in [-0.15, -0.1) is 0 Å². The molecule has 1 aliphatic heterocycles. The van der Waals surface area contributed by atoms with Gasteiger partial charge in [-0.2, -0.15) is 0 Å². The molecule has 5 rings (SSSR count). The molecule has 0 saturated carbocycles. The first-order valence-electron chi connectivity index (χ1n) is 9.33. The standard InChI is InChI=1S/C24H20O4/c1-26-21-11-17-12-23(25)28-24(20(17)13-22(21)27-2)16-8-7-15-9-14-5-3-4-6-18(14)19(15)10-16/h3-8,10-11,13,24H,9,12H2,1-2H3. The number of cyclic esters (lactones) is 1. The quantitative estimate of drug-likeness (QED) is 0.498. The van der Waals surface area contributed by atoms with E-state index in [-0.39, 0.29) is 12.4 Å². The van der Waals surface area contributed by atoms with Gasteiger partial charge in [0.25, 0.3) is 0 Å². The summed E-state index contributed by atoms with van der Waals surface area (Å²) < 4.78 is 16.7. The predicted molar refractivity (Wildman–Crippen MR) is 106 cm³/mol. The van der Waals surface area contributed by atoms with Crippen molar-refractivity contribution in [1.82, 2.24) is 0 Å². The number of fused-ring (bicyclic) bond motifs is 4. The average Bonchev–Trinajstić information content (AvgIpc) is 3.10. The molecule has 1 atom stereocenters. The van der Waals surface area contributed by atoms with E-state index >= 15 is 0 Å². The summed E-state index contributed by atoms with van der Waals surface area (Å²) in [4.78, 5) is 12.3. The van der Waals surface area contributed by atoms with Gasteiger partial charge in [0.05, 0.1) is 20.6 Å². The minimum Gasteiger partial charge on any atom is -0.493 e. The van der Waals surface area contributed by atoms with E-state index in [4.69, 9.17) is 14.2 Å². The molecule has 0 bridgehead atoms. The fourth-order valence-corrected chi connectivity index (χ4v) is 4.28. The lowest BCUT2D eigenvalue weighted by molar-refractivity contribution is -0.148. The van der Waals surface area contributed by atoms with Crippen LogP contribution in [0.15, 0.2) is 54.6 Å². The molecule has 28 heavy (non-hydrogen) atoms. The summed E-state index contributed by atoms with van der Waals surface area (Å²) in [5.74, 6) is 1.03. The van der Waals surface area contributed by atoms with Gasteiger partial charge in [0.2, 0.25) is 0 Å². The first kappa shape index (κ1) is 16.9. The van der Waals surface area contributed by atoms with Gasteiger partial charge in [-0.05, 0) is 58.0 Å². The van der Waals surface area contributed by atoms with Gasteiger partial charge in [-0.3, -0.25) is 4.79 Å². The molecule has 0 radical (unpaired) electrons. The number of rotatable bonds is 3. The van der Waals surface area contributed by atoms with Crippen LogP contribution in [0.3, 0.4) is 0 Å². The van der Waals surface area contributed by atoms with E-state index in [1.165, 1.54) is 22.3 Å². The van der Waals surface area contributed by atoms with E-state index in [0.717, 1.165) is 23.1 Å². The average molecular weight is 372 g/mol. The van der Waals surface area contributed by atoms with Crippen LogP contribution in [-0.4, -0.2) is 20.2 Å². The largest absolute Gasteiger partial charge is 0.493 e. The molecule has 1 unspecified atom stereocenters. The van der Waals surface area contributed by atoms with E-state index in [1.54, 1.807) is 14.2 Å². The Morgan fingerprint density at radius 1 is 0.821 bits per heavy atom. The van der Waals surface area contributed by atoms with Gasteiger partial charge in [0.15, 0.2) is 17.6 Å². The molecule has 0 amide bonds. The fourth-order valence-electron chi connectivity index (χ4n) is 4.28. The van der Waals surface area contributed by atoms with Crippen LogP contribution in [0.5, 0.6) is 11.5 Å². The Bertz CT molecular complexity index is 1100. The minimum atomic E-state index is -0.450. The third kappa shape index (κ3) is 2.56. The smallest absolute Gasteiger partial charge is 0.311 e. The summed E-state index contributed by atoms with van der Waals surface area (Å²) in [6.07, 6.45) is 0.728. The van der Waals surface area contributed by atoms with Crippen LogP contribution in [-0.2, 0) is 22.4 Å². The Morgan fingerprint density at radius 3 is 2.39 bits per heavy atom. The van der Waals surface area contributed by atoms with E-state index in [9.17, 15) is 4.79 Å². The molecule has 0 fully saturated rings. The zero-order valence-corrected chi connectivity index (χ0v) is 15.8. The summed E-state index contributed by atoms with van der Waals surface area (Å²) in [5, 5.41) is 0. The van der Waals surface area contributed by atoms with Crippen molar-refractivity contribution in [1.29, 1.82) is 0 Å². The van der Waals surface area contributed by atoms with Crippen molar-refractivity contribution in [2.24, 2.45) is 0 Å². The Hall–Kier alpha value is -3.27. The number of hydrogen-bond acceptors (Lipinski definition) is 4. The Balaban J connectivity index is 1.63. The molecule has 0 aromatic heterocycles. The summed E-state index contributed by atoms with van der Waals surface area (Å²) in [6.45, 7) is 0. The molecule has 140 valence electrons. The summed E-state index contributed by atoms with van der Waals surface area (Å²) in [5.41, 5.74) is 7.95. The van der Waals surface area contributed by atoms with Gasteiger partial charge >= 0.3 is 5.97 Å². The van der Waals surface area contributed by atoms with Crippen molar-refractivity contribution < 1.29 is 19.0 Å². The number of carbonyl (C=O) groups excluding carboxylic acids is 1. The van der Waals surface area contributed by atoms with Gasteiger partial charge in [-0.1, -0.05) is 36.4 Å². The van der Waals surface area contributed by atoms with Crippen molar-refractivity contribution in [2.45, 2.75) is 18.9 Å². The molecular formula is C24H20O4. The normalized spacial score (nSPS) is 16.6. The summed E-state index contributed by atoms with van der Waals surface area (Å²) >= 11 is 0. The number of hydrogen-bond donors (Lipinski definition) is 0. The lowest BCUT2D eigenvalue weighted by atomic mass is 9.90. The monoisotopic (exact) mass is 372 g/mol. The Morgan fingerprint density at radius 2 is 1.57 bits per heavy atom. The first-order valence-corrected chi connectivity index (χ1v) is 9.33. The van der Waals surface area contributed by atoms with Crippen LogP contribution >= 0.6 is 0 Å². The molecule has 3 aromatic carbocycles. The zero-order valence-electron chi connectivity index (χ0n) is 15.8. The highest BCUT2D eigenvalue weighted by atomic mass is 16.5. The second-order valence-corrected chi connectivity index (χ2v) is 7.20. The predicted octanol–water partition coefficient (Wildman–Crippen LogP) is 4.46. The van der Waals surface area contributed by atoms with Crippen molar-refractivity contribution in [3.05, 3.63) is 82.4 Å². The maximum Gasteiger partial charge on any atom is 0.311 e. The third-order valence-electron chi connectivity index (χ3n) is 5.64. The van der Waals surface area contributed by atoms with Crippen LogP contribution in [0.25, 0.3) is 11.1 Å². The summed E-state index contributed by atoms with van der Waals surface area (Å²) in [7, 11) is 3.21. The number of carbonyl (C=O) groups is 1. The molecule has 4 nitrogen and oxygen atoms in total. The van der Waals surface area contributed by atoms with Crippen molar-refractivity contribution in [2.75, 3.05) is 14.2 Å². The second kappa shape index (κ2) is 6.41. The lowest BCUT2D eigenvalue weighted by Gasteiger charge is -2.27. The lowest BCUT2D eigenvalue weighted by Crippen LogP contribution is -2.22. The van der Waals surface area contributed by atoms with Crippen molar-refractivity contribution >= 4 is 5.97 Å². The number of esters is 1. The maximum atomic E-state index is 12.3. The van der Waals surface area contributed by atoms with Crippen LogP contribution < -0.4 is 9.47 Å². The molecule has 4 heteroatoms. The van der Waals surface area contributed by atoms with E-state index < -0.39 is 6.10 Å². The van der Waals surface area contributed by atoms with Gasteiger partial charge in [0, 0.05) is 5.56 Å². The molecule has 2 aliphatic rings. The van der Waals surface area contributed by atoms with Gasteiger partial charge < -0.3 is 14.2 Å². The Kier molecular flexibility index (Phi) is 3.86. The topological polar surface area (TPSA) is 44.8 Å². The zero-order chi connectivity index (χ0) is 19.3. The van der Waals surface area contributed by atoms with Crippen LogP contribution in [0, 0.1) is 0 Å². The highest BCUT2D eigenvalue weighted by molar-refractivity contribution is 5.79. The molecule has 1 aliphatic carbocycles. The Labute approximate surface area is 163 Å². The summed E-state index contributed by atoms with van der Waals surface area (Å²) in [6, 6.07) is 18.6. The van der Waals surface area contributed by atoms with Crippen LogP contribution in [0.2, 0.25) is 0 Å². The third-order valence-corrected chi connectivity index (χ3v) is 5.64. The van der Waals surface area contributed by atoms with Crippen molar-refractivity contribution in [3.63, 3.8) is 0 Å². The number of benzene rings is 3. The fraction of sp³-hybridized carbons (Fsp3) is 0.208. The molecule has 0 spiro atoms. The van der Waals surface area contributed by atoms with E-state index in [2.05, 4.69) is 42.5 Å². The van der Waals surface area contributed by atoms with Gasteiger partial charge in [-0.25, -0.2) is 0 Å². The van der Waals surface area contributed by atoms with E-state index in [1.807, 2.05) is 12.1 Å². The van der Waals surface area contributed by atoms with Crippen LogP contribution in [0.4, 0.5) is 0 Å². The molecular weight excluding hydrogens is 352 g/mol. The minimum absolute atomic E-state index is 0.231. The second-order valence-electron chi connectivity index (χ2n) is 7.20. The first-order chi connectivity index (χ1) is 13.7.